The Morgan fingerprint density at radius 3 is 2.71 bits per heavy atom. The van der Waals surface area contributed by atoms with Crippen molar-refractivity contribution in [2.24, 2.45) is 5.92 Å². The van der Waals surface area contributed by atoms with Crippen LogP contribution in [0.2, 0.25) is 0 Å². The van der Waals surface area contributed by atoms with E-state index in [1.165, 1.54) is 5.56 Å². The molecular weight excluding hydrogens is 354 g/mol. The molecule has 1 aliphatic rings. The maximum Gasteiger partial charge on any atom is 0.272 e. The highest BCUT2D eigenvalue weighted by molar-refractivity contribution is 5.92. The quantitative estimate of drug-likeness (QED) is 0.731. The van der Waals surface area contributed by atoms with E-state index in [9.17, 15) is 4.79 Å². The highest BCUT2D eigenvalue weighted by Gasteiger charge is 2.24. The Kier molecular flexibility index (Phi) is 5.32. The van der Waals surface area contributed by atoms with Crippen LogP contribution in [0.25, 0.3) is 0 Å². The predicted molar refractivity (Wildman–Crippen MR) is 105 cm³/mol. The topological polar surface area (TPSA) is 84.2 Å². The fourth-order valence-electron chi connectivity index (χ4n) is 3.53. The summed E-state index contributed by atoms with van der Waals surface area (Å²) in [4.78, 5) is 23.2. The first-order chi connectivity index (χ1) is 13.7. The number of nitrogens with zero attached hydrogens (tertiary/aromatic N) is 4. The molecule has 0 radical (unpaired) electrons. The van der Waals surface area contributed by atoms with Gasteiger partial charge in [0.25, 0.3) is 5.91 Å². The van der Waals surface area contributed by atoms with Gasteiger partial charge in [-0.25, -0.2) is 9.97 Å². The molecule has 144 valence electrons. The van der Waals surface area contributed by atoms with Gasteiger partial charge in [-0.3, -0.25) is 4.79 Å². The molecule has 3 aromatic rings. The van der Waals surface area contributed by atoms with Gasteiger partial charge in [-0.15, -0.1) is 0 Å². The van der Waals surface area contributed by atoms with Crippen molar-refractivity contribution in [3.63, 3.8) is 0 Å². The van der Waals surface area contributed by atoms with Gasteiger partial charge in [-0.2, -0.15) is 0 Å². The standard InChI is InChI=1S/C21H23N5O2/c1-15-13-19(25-28-15)24-21-22-10-7-18(23-21)20(27)26-11-8-17(9-12-26)14-16-5-3-2-4-6-16/h2-7,10,13,17H,8-9,11-12,14H2,1H3,(H,22,23,24,25). The summed E-state index contributed by atoms with van der Waals surface area (Å²) in [6.45, 7) is 3.32. The zero-order valence-corrected chi connectivity index (χ0v) is 15.8. The molecule has 1 fully saturated rings. The average Bonchev–Trinajstić information content (AvgIpc) is 3.13. The van der Waals surface area contributed by atoms with Crippen LogP contribution in [0.15, 0.2) is 53.2 Å². The summed E-state index contributed by atoms with van der Waals surface area (Å²) >= 11 is 0. The fraction of sp³-hybridized carbons (Fsp3) is 0.333. The first-order valence-corrected chi connectivity index (χ1v) is 9.54. The van der Waals surface area contributed by atoms with Crippen molar-refractivity contribution < 1.29 is 9.32 Å². The third kappa shape index (κ3) is 4.36. The van der Waals surface area contributed by atoms with Crippen LogP contribution >= 0.6 is 0 Å². The average molecular weight is 377 g/mol. The van der Waals surface area contributed by atoms with Crippen LogP contribution in [0.1, 0.15) is 34.7 Å². The van der Waals surface area contributed by atoms with Crippen LogP contribution in [0.5, 0.6) is 0 Å². The molecule has 4 rings (SSSR count). The van der Waals surface area contributed by atoms with Gasteiger partial charge >= 0.3 is 0 Å². The Hall–Kier alpha value is -3.22. The Bertz CT molecular complexity index is 933. The van der Waals surface area contributed by atoms with Gasteiger partial charge in [0.05, 0.1) is 0 Å². The van der Waals surface area contributed by atoms with E-state index in [1.807, 2.05) is 11.0 Å². The molecule has 0 bridgehead atoms. The molecule has 28 heavy (non-hydrogen) atoms. The third-order valence-electron chi connectivity index (χ3n) is 5.01. The van der Waals surface area contributed by atoms with Gasteiger partial charge in [-0.05, 0) is 43.7 Å². The van der Waals surface area contributed by atoms with Crippen LogP contribution in [0.3, 0.4) is 0 Å². The van der Waals surface area contributed by atoms with Crippen LogP contribution in [0, 0.1) is 12.8 Å². The van der Waals surface area contributed by atoms with E-state index in [1.54, 1.807) is 25.3 Å². The van der Waals surface area contributed by atoms with Crippen LogP contribution in [-0.2, 0) is 6.42 Å². The number of hydrogen-bond donors (Lipinski definition) is 1. The molecule has 0 saturated carbocycles. The van der Waals surface area contributed by atoms with E-state index in [-0.39, 0.29) is 5.91 Å². The zero-order chi connectivity index (χ0) is 19.3. The smallest absolute Gasteiger partial charge is 0.272 e. The minimum Gasteiger partial charge on any atom is -0.360 e. The number of rotatable bonds is 5. The first kappa shape index (κ1) is 18.2. The van der Waals surface area contributed by atoms with Crippen molar-refractivity contribution in [3.8, 4) is 0 Å². The molecule has 1 N–H and O–H groups in total. The molecule has 7 heteroatoms. The second-order valence-electron chi connectivity index (χ2n) is 7.14. The summed E-state index contributed by atoms with van der Waals surface area (Å²) in [5.41, 5.74) is 1.75. The van der Waals surface area contributed by atoms with Crippen molar-refractivity contribution in [2.75, 3.05) is 18.4 Å². The molecule has 1 amide bonds. The maximum absolute atomic E-state index is 12.8. The largest absolute Gasteiger partial charge is 0.360 e. The van der Waals surface area contributed by atoms with E-state index in [4.69, 9.17) is 4.52 Å². The maximum atomic E-state index is 12.8. The number of carbonyl (C=O) groups excluding carboxylic acids is 1. The second kappa shape index (κ2) is 8.21. The van der Waals surface area contributed by atoms with Gasteiger partial charge in [-0.1, -0.05) is 35.5 Å². The van der Waals surface area contributed by atoms with Gasteiger partial charge in [0, 0.05) is 25.4 Å². The number of aryl methyl sites for hydroxylation is 1. The molecule has 7 nitrogen and oxygen atoms in total. The molecule has 1 aliphatic heterocycles. The van der Waals surface area contributed by atoms with Crippen LogP contribution < -0.4 is 5.32 Å². The highest BCUT2D eigenvalue weighted by Crippen LogP contribution is 2.23. The van der Waals surface area contributed by atoms with E-state index in [0.29, 0.717) is 29.1 Å². The second-order valence-corrected chi connectivity index (χ2v) is 7.14. The summed E-state index contributed by atoms with van der Waals surface area (Å²) in [6.07, 6.45) is 4.67. The molecule has 0 unspecified atom stereocenters. The summed E-state index contributed by atoms with van der Waals surface area (Å²) < 4.78 is 5.02. The van der Waals surface area contributed by atoms with Crippen molar-refractivity contribution in [3.05, 3.63) is 65.7 Å². The lowest BCUT2D eigenvalue weighted by Gasteiger charge is -2.32. The summed E-state index contributed by atoms with van der Waals surface area (Å²) in [7, 11) is 0. The SMILES string of the molecule is Cc1cc(Nc2nccc(C(=O)N3CCC(Cc4ccccc4)CC3)n2)no1. The van der Waals surface area contributed by atoms with Crippen LogP contribution in [-0.4, -0.2) is 39.0 Å². The minimum absolute atomic E-state index is 0.0556. The lowest BCUT2D eigenvalue weighted by Crippen LogP contribution is -2.39. The lowest BCUT2D eigenvalue weighted by atomic mass is 9.90. The summed E-state index contributed by atoms with van der Waals surface area (Å²) in [5.74, 6) is 2.10. The lowest BCUT2D eigenvalue weighted by molar-refractivity contribution is 0.0684. The molecule has 1 aromatic carbocycles. The molecular formula is C21H23N5O2. The van der Waals surface area contributed by atoms with Crippen molar-refractivity contribution in [1.29, 1.82) is 0 Å². The van der Waals surface area contributed by atoms with Gasteiger partial charge in [0.1, 0.15) is 11.5 Å². The normalized spacial score (nSPS) is 14.8. The highest BCUT2D eigenvalue weighted by atomic mass is 16.5. The third-order valence-corrected chi connectivity index (χ3v) is 5.01. The molecule has 2 aromatic heterocycles. The number of carbonyl (C=O) groups is 1. The molecule has 3 heterocycles. The molecule has 1 saturated heterocycles. The number of aromatic nitrogens is 3. The van der Waals surface area contributed by atoms with Crippen molar-refractivity contribution in [2.45, 2.75) is 26.2 Å². The summed E-state index contributed by atoms with van der Waals surface area (Å²) in [5, 5.41) is 6.82. The Morgan fingerprint density at radius 1 is 1.21 bits per heavy atom. The number of likely N-dealkylation sites (tertiary alicyclic amines) is 1. The van der Waals surface area contributed by atoms with E-state index < -0.39 is 0 Å². The number of amides is 1. The van der Waals surface area contributed by atoms with E-state index >= 15 is 0 Å². The number of anilines is 2. The van der Waals surface area contributed by atoms with Crippen LogP contribution in [0.4, 0.5) is 11.8 Å². The minimum atomic E-state index is -0.0556. The van der Waals surface area contributed by atoms with Gasteiger partial charge in [0.15, 0.2) is 5.82 Å². The first-order valence-electron chi connectivity index (χ1n) is 9.54. The van der Waals surface area contributed by atoms with E-state index in [0.717, 1.165) is 32.4 Å². The van der Waals surface area contributed by atoms with Crippen molar-refractivity contribution in [1.82, 2.24) is 20.0 Å². The van der Waals surface area contributed by atoms with E-state index in [2.05, 4.69) is 44.7 Å². The number of nitrogens with one attached hydrogen (secondary N) is 1. The molecule has 0 aliphatic carbocycles. The van der Waals surface area contributed by atoms with Gasteiger partial charge < -0.3 is 14.7 Å². The monoisotopic (exact) mass is 377 g/mol. The molecule has 0 atom stereocenters. The Balaban J connectivity index is 1.35. The summed E-state index contributed by atoms with van der Waals surface area (Å²) in [6, 6.07) is 13.9. The Labute approximate surface area is 163 Å². The van der Waals surface area contributed by atoms with Crippen molar-refractivity contribution >= 4 is 17.7 Å². The zero-order valence-electron chi connectivity index (χ0n) is 15.8. The number of hydrogen-bond acceptors (Lipinski definition) is 6. The number of benzene rings is 1. The van der Waals surface area contributed by atoms with Gasteiger partial charge in [0.2, 0.25) is 5.95 Å². The fourth-order valence-corrected chi connectivity index (χ4v) is 3.53. The Morgan fingerprint density at radius 2 is 2.00 bits per heavy atom. The molecule has 0 spiro atoms. The predicted octanol–water partition coefficient (Wildman–Crippen LogP) is 3.61. The number of piperidine rings is 1.